The summed E-state index contributed by atoms with van der Waals surface area (Å²) in [6, 6.07) is 0.717. The molecule has 2 aliphatic rings. The van der Waals surface area contributed by atoms with E-state index in [9.17, 15) is 13.2 Å². The molecule has 0 saturated carbocycles. The van der Waals surface area contributed by atoms with Gasteiger partial charge in [-0.2, -0.15) is 0 Å². The molecule has 4 heterocycles. The summed E-state index contributed by atoms with van der Waals surface area (Å²) in [4.78, 5) is 24.5. The van der Waals surface area contributed by atoms with E-state index in [2.05, 4.69) is 9.71 Å². The Morgan fingerprint density at radius 2 is 2.17 bits per heavy atom. The number of hydrogen-bond acceptors (Lipinski definition) is 9. The highest BCUT2D eigenvalue weighted by molar-refractivity contribution is 7.88. The van der Waals surface area contributed by atoms with E-state index in [0.29, 0.717) is 40.1 Å². The number of fused-ring (bicyclic) bond motifs is 1. The highest BCUT2D eigenvalue weighted by atomic mass is 35.5. The number of thiophene rings is 1. The van der Waals surface area contributed by atoms with Gasteiger partial charge in [-0.3, -0.25) is 4.99 Å². The minimum absolute atomic E-state index is 0.335. The maximum atomic E-state index is 12.7. The van der Waals surface area contributed by atoms with Crippen molar-refractivity contribution < 1.29 is 17.9 Å². The van der Waals surface area contributed by atoms with Gasteiger partial charge in [-0.15, -0.1) is 22.7 Å². The van der Waals surface area contributed by atoms with Gasteiger partial charge >= 0.3 is 5.97 Å². The fourth-order valence-corrected chi connectivity index (χ4v) is 6.15. The van der Waals surface area contributed by atoms with Crippen LogP contribution in [0.3, 0.4) is 0 Å². The minimum atomic E-state index is -3.42. The summed E-state index contributed by atoms with van der Waals surface area (Å²) in [5.41, 5.74) is 1.04. The minimum Gasteiger partial charge on any atom is -0.466 e. The number of nitrogens with zero attached hydrogens (tertiary/aromatic N) is 3. The third kappa shape index (κ3) is 3.97. The molecule has 0 aromatic carbocycles. The predicted octanol–water partition coefficient (Wildman–Crippen LogP) is 2.41. The summed E-state index contributed by atoms with van der Waals surface area (Å²) in [5, 5.41) is 4.88. The fourth-order valence-electron chi connectivity index (χ4n) is 3.54. The molecule has 154 valence electrons. The highest BCUT2D eigenvalue weighted by Gasteiger charge is 2.43. The average Bonchev–Trinajstić information content (AvgIpc) is 3.38. The number of rotatable bonds is 5. The lowest BCUT2D eigenvalue weighted by Crippen LogP contribution is -2.39. The number of aliphatic imine (C=N–C) groups is 1. The Labute approximate surface area is 180 Å². The van der Waals surface area contributed by atoms with E-state index in [1.807, 2.05) is 15.7 Å². The van der Waals surface area contributed by atoms with Gasteiger partial charge in [0.25, 0.3) is 0 Å². The largest absolute Gasteiger partial charge is 0.466 e. The highest BCUT2D eigenvalue weighted by Crippen LogP contribution is 2.44. The van der Waals surface area contributed by atoms with Crippen LogP contribution < -0.4 is 4.72 Å². The predicted molar refractivity (Wildman–Crippen MR) is 113 cm³/mol. The fraction of sp³-hybridized carbons (Fsp3) is 0.353. The summed E-state index contributed by atoms with van der Waals surface area (Å²) in [7, 11) is -2.10. The van der Waals surface area contributed by atoms with Gasteiger partial charge < -0.3 is 9.64 Å². The molecule has 29 heavy (non-hydrogen) atoms. The molecule has 1 saturated heterocycles. The maximum absolute atomic E-state index is 12.7. The summed E-state index contributed by atoms with van der Waals surface area (Å²) in [6.45, 7) is 0.339. The second-order valence-electron chi connectivity index (χ2n) is 6.58. The number of sulfonamides is 1. The van der Waals surface area contributed by atoms with Crippen LogP contribution in [0.25, 0.3) is 0 Å². The molecule has 2 aliphatic heterocycles. The van der Waals surface area contributed by atoms with Gasteiger partial charge in [0.15, 0.2) is 10.8 Å². The summed E-state index contributed by atoms with van der Waals surface area (Å²) in [5.74, 6) is 0.0799. The van der Waals surface area contributed by atoms with E-state index in [4.69, 9.17) is 21.3 Å². The number of halogens is 1. The standard InChI is InChI=1S/C17H17ClN4O4S3/c1-26-17(23)12-11-7-9(21-29(2,24)25)8-22(11)15(16-19-4-6-28-16)20-13(12)14-10(18)3-5-27-14/h3-6,9,13,21H,7-8H2,1-2H3/t9-,13+/m0/s1. The first-order chi connectivity index (χ1) is 13.8. The lowest BCUT2D eigenvalue weighted by atomic mass is 9.99. The smallest absolute Gasteiger partial charge is 0.338 e. The molecule has 0 aliphatic carbocycles. The molecule has 4 rings (SSSR count). The van der Waals surface area contributed by atoms with Crippen LogP contribution in [-0.2, 0) is 19.6 Å². The van der Waals surface area contributed by atoms with E-state index >= 15 is 0 Å². The zero-order valence-corrected chi connectivity index (χ0v) is 18.7. The van der Waals surface area contributed by atoms with Crippen molar-refractivity contribution in [2.45, 2.75) is 18.5 Å². The quantitative estimate of drug-likeness (QED) is 0.670. The Balaban J connectivity index is 1.87. The molecule has 1 fully saturated rings. The molecule has 0 amide bonds. The monoisotopic (exact) mass is 472 g/mol. The van der Waals surface area contributed by atoms with Gasteiger partial charge in [0.05, 0.1) is 28.8 Å². The van der Waals surface area contributed by atoms with Crippen molar-refractivity contribution in [2.24, 2.45) is 4.99 Å². The number of methoxy groups -OCH3 is 1. The average molecular weight is 473 g/mol. The van der Waals surface area contributed by atoms with Gasteiger partial charge in [0.1, 0.15) is 6.04 Å². The second kappa shape index (κ2) is 7.80. The normalized spacial score (nSPS) is 21.9. The molecule has 0 spiro atoms. The van der Waals surface area contributed by atoms with Gasteiger partial charge in [-0.05, 0) is 11.4 Å². The van der Waals surface area contributed by atoms with Gasteiger partial charge in [-0.1, -0.05) is 11.6 Å². The summed E-state index contributed by atoms with van der Waals surface area (Å²) >= 11 is 9.19. The first-order valence-electron chi connectivity index (χ1n) is 8.55. The molecule has 0 bridgehead atoms. The number of hydrogen-bond donors (Lipinski definition) is 1. The Hall–Kier alpha value is -1.79. The Kier molecular flexibility index (Phi) is 5.51. The van der Waals surface area contributed by atoms with E-state index in [-0.39, 0.29) is 0 Å². The van der Waals surface area contributed by atoms with Crippen LogP contribution in [0.2, 0.25) is 5.02 Å². The Morgan fingerprint density at radius 1 is 1.38 bits per heavy atom. The molecule has 8 nitrogen and oxygen atoms in total. The Morgan fingerprint density at radius 3 is 2.76 bits per heavy atom. The second-order valence-corrected chi connectivity index (χ2v) is 10.6. The maximum Gasteiger partial charge on any atom is 0.338 e. The van der Waals surface area contributed by atoms with Crippen molar-refractivity contribution in [3.05, 3.63) is 49.2 Å². The number of esters is 1. The third-order valence-corrected chi connectivity index (χ3v) is 7.50. The number of nitrogens with one attached hydrogen (secondary N) is 1. The SMILES string of the molecule is COC(=O)C1=C2C[C@H](NS(C)(=O)=O)CN2C(c2nccs2)=N[C@H]1c1sccc1Cl. The van der Waals surface area contributed by atoms with Crippen LogP contribution >= 0.6 is 34.3 Å². The molecule has 2 aromatic heterocycles. The zero-order chi connectivity index (χ0) is 20.8. The number of carbonyl (C=O) groups is 1. The molecule has 2 atom stereocenters. The van der Waals surface area contributed by atoms with E-state index < -0.39 is 28.1 Å². The van der Waals surface area contributed by atoms with Gasteiger partial charge in [0.2, 0.25) is 10.0 Å². The summed E-state index contributed by atoms with van der Waals surface area (Å²) in [6.07, 6.45) is 3.13. The van der Waals surface area contributed by atoms with Crippen LogP contribution in [0.15, 0.2) is 39.3 Å². The number of aromatic nitrogens is 1. The zero-order valence-electron chi connectivity index (χ0n) is 15.5. The van der Waals surface area contributed by atoms with Crippen LogP contribution in [0.4, 0.5) is 0 Å². The van der Waals surface area contributed by atoms with E-state index in [1.54, 1.807) is 12.3 Å². The van der Waals surface area contributed by atoms with Crippen LogP contribution in [0.5, 0.6) is 0 Å². The molecular weight excluding hydrogens is 456 g/mol. The van der Waals surface area contributed by atoms with Gasteiger partial charge in [-0.25, -0.2) is 22.9 Å². The lowest BCUT2D eigenvalue weighted by Gasteiger charge is -2.30. The Bertz CT molecular complexity index is 1110. The molecule has 2 aromatic rings. The van der Waals surface area contributed by atoms with Crippen molar-refractivity contribution in [1.82, 2.24) is 14.6 Å². The number of carbonyl (C=O) groups excluding carboxylic acids is 1. The first-order valence-corrected chi connectivity index (χ1v) is 12.6. The van der Waals surface area contributed by atoms with Crippen LogP contribution in [-0.4, -0.2) is 56.1 Å². The number of ether oxygens (including phenoxy) is 1. The van der Waals surface area contributed by atoms with Crippen molar-refractivity contribution in [3.63, 3.8) is 0 Å². The first kappa shape index (κ1) is 20.5. The van der Waals surface area contributed by atoms with Crippen LogP contribution in [0, 0.1) is 0 Å². The molecule has 1 N–H and O–H groups in total. The topological polar surface area (TPSA) is 101 Å². The van der Waals surface area contributed by atoms with Crippen molar-refractivity contribution >= 4 is 56.1 Å². The van der Waals surface area contributed by atoms with Crippen molar-refractivity contribution in [1.29, 1.82) is 0 Å². The summed E-state index contributed by atoms with van der Waals surface area (Å²) < 4.78 is 31.2. The van der Waals surface area contributed by atoms with E-state index in [1.165, 1.54) is 29.8 Å². The number of thiazole rings is 1. The number of amidine groups is 1. The lowest BCUT2D eigenvalue weighted by molar-refractivity contribution is -0.136. The van der Waals surface area contributed by atoms with Crippen molar-refractivity contribution in [3.8, 4) is 0 Å². The molecular formula is C17H17ClN4O4S3. The molecule has 0 radical (unpaired) electrons. The third-order valence-electron chi connectivity index (χ3n) is 4.56. The van der Waals surface area contributed by atoms with E-state index in [0.717, 1.165) is 11.1 Å². The molecule has 0 unspecified atom stereocenters. The molecule has 12 heteroatoms. The van der Waals surface area contributed by atoms with Gasteiger partial charge in [0, 0.05) is 36.3 Å². The van der Waals surface area contributed by atoms with Crippen molar-refractivity contribution in [2.75, 3.05) is 19.9 Å². The van der Waals surface area contributed by atoms with Crippen LogP contribution in [0.1, 0.15) is 22.3 Å².